The van der Waals surface area contributed by atoms with E-state index >= 15 is 0 Å². The standard InChI is InChI=1S/C16H16N2O7.Na/c19-12(8-10-4-2-1-3-5-10)17-11-9-24-18(14(11)21)16(15(22)23)7-6-13(20)25-16;/h1-5,11H,6-9H2,(H,17,19)(H,22,23);/q;+1/p-1/t11-,16?;/m0./s1. The van der Waals surface area contributed by atoms with Crippen LogP contribution in [0.3, 0.4) is 0 Å². The Morgan fingerprint density at radius 3 is 2.54 bits per heavy atom. The first-order valence-electron chi connectivity index (χ1n) is 7.66. The van der Waals surface area contributed by atoms with Crippen molar-refractivity contribution in [3.05, 3.63) is 35.9 Å². The van der Waals surface area contributed by atoms with E-state index in [1.165, 1.54) is 0 Å². The number of hydrogen-bond acceptors (Lipinski definition) is 7. The number of hydroxylamine groups is 2. The van der Waals surface area contributed by atoms with E-state index < -0.39 is 35.5 Å². The summed E-state index contributed by atoms with van der Waals surface area (Å²) in [6.07, 6.45) is -0.387. The number of esters is 1. The summed E-state index contributed by atoms with van der Waals surface area (Å²) in [6, 6.07) is 7.85. The molecule has 1 unspecified atom stereocenters. The second-order valence-electron chi connectivity index (χ2n) is 5.76. The molecule has 0 radical (unpaired) electrons. The summed E-state index contributed by atoms with van der Waals surface area (Å²) in [5.41, 5.74) is -1.52. The molecule has 132 valence electrons. The predicted octanol–water partition coefficient (Wildman–Crippen LogP) is -4.73. The van der Waals surface area contributed by atoms with Gasteiger partial charge in [-0.25, -0.2) is 0 Å². The number of nitrogens with one attached hydrogen (secondary N) is 1. The van der Waals surface area contributed by atoms with Gasteiger partial charge in [-0.05, 0) is 5.56 Å². The van der Waals surface area contributed by atoms with Crippen LogP contribution in [0.1, 0.15) is 18.4 Å². The van der Waals surface area contributed by atoms with Crippen LogP contribution >= 0.6 is 0 Å². The average Bonchev–Trinajstić information content (AvgIpc) is 3.13. The van der Waals surface area contributed by atoms with Gasteiger partial charge in [0.25, 0.3) is 11.6 Å². The van der Waals surface area contributed by atoms with Crippen molar-refractivity contribution < 1.29 is 63.4 Å². The Balaban J connectivity index is 0.00000243. The van der Waals surface area contributed by atoms with E-state index in [1.54, 1.807) is 24.3 Å². The molecule has 2 saturated heterocycles. The third-order valence-corrected chi connectivity index (χ3v) is 4.01. The Morgan fingerprint density at radius 2 is 1.96 bits per heavy atom. The summed E-state index contributed by atoms with van der Waals surface area (Å²) < 4.78 is 4.78. The van der Waals surface area contributed by atoms with Crippen LogP contribution in [0.15, 0.2) is 30.3 Å². The number of carboxylic acids is 1. The number of hydrogen-bond donors (Lipinski definition) is 1. The molecule has 2 aliphatic rings. The maximum absolute atomic E-state index is 12.4. The molecule has 3 rings (SSSR count). The first-order chi connectivity index (χ1) is 11.9. The zero-order valence-corrected chi connectivity index (χ0v) is 16.1. The number of nitrogens with zero attached hydrogens (tertiary/aromatic N) is 1. The van der Waals surface area contributed by atoms with Crippen molar-refractivity contribution in [3.8, 4) is 0 Å². The van der Waals surface area contributed by atoms with Gasteiger partial charge < -0.3 is 20.0 Å². The molecule has 0 spiro atoms. The van der Waals surface area contributed by atoms with Crippen molar-refractivity contribution >= 4 is 23.8 Å². The van der Waals surface area contributed by atoms with Crippen molar-refractivity contribution in [2.24, 2.45) is 0 Å². The molecule has 9 nitrogen and oxygen atoms in total. The quantitative estimate of drug-likeness (QED) is 0.408. The zero-order chi connectivity index (χ0) is 18.0. The van der Waals surface area contributed by atoms with Gasteiger partial charge in [0.05, 0.1) is 12.8 Å². The fraction of sp³-hybridized carbons (Fsp3) is 0.375. The van der Waals surface area contributed by atoms with Crippen molar-refractivity contribution in [1.82, 2.24) is 10.4 Å². The molecule has 2 fully saturated rings. The zero-order valence-electron chi connectivity index (χ0n) is 14.1. The molecule has 1 aromatic carbocycles. The van der Waals surface area contributed by atoms with Crippen molar-refractivity contribution in [1.29, 1.82) is 0 Å². The molecule has 2 amide bonds. The maximum Gasteiger partial charge on any atom is 1.00 e. The smallest absolute Gasteiger partial charge is 0.544 e. The average molecular weight is 370 g/mol. The molecule has 1 aromatic rings. The number of rotatable bonds is 5. The van der Waals surface area contributed by atoms with Gasteiger partial charge in [0.2, 0.25) is 5.91 Å². The van der Waals surface area contributed by atoms with E-state index in [2.05, 4.69) is 5.32 Å². The molecule has 0 saturated carbocycles. The van der Waals surface area contributed by atoms with Gasteiger partial charge in [-0.3, -0.25) is 19.2 Å². The Bertz CT molecular complexity index is 727. The van der Waals surface area contributed by atoms with E-state index in [1.807, 2.05) is 6.07 Å². The molecule has 0 bridgehead atoms. The number of carbonyl (C=O) groups is 4. The molecular weight excluding hydrogens is 355 g/mol. The molecule has 0 aliphatic carbocycles. The summed E-state index contributed by atoms with van der Waals surface area (Å²) >= 11 is 0. The number of amides is 2. The van der Waals surface area contributed by atoms with Gasteiger partial charge in [0, 0.05) is 6.42 Å². The number of carbonyl (C=O) groups excluding carboxylic acids is 4. The van der Waals surface area contributed by atoms with E-state index in [0.29, 0.717) is 5.06 Å². The number of ether oxygens (including phenoxy) is 1. The number of cyclic esters (lactones) is 1. The molecule has 2 aliphatic heterocycles. The first-order valence-corrected chi connectivity index (χ1v) is 7.66. The van der Waals surface area contributed by atoms with Gasteiger partial charge in [0.1, 0.15) is 18.6 Å². The minimum Gasteiger partial charge on any atom is -0.544 e. The Kier molecular flexibility index (Phi) is 6.40. The summed E-state index contributed by atoms with van der Waals surface area (Å²) in [6.45, 7) is -0.258. The second kappa shape index (κ2) is 8.17. The number of benzene rings is 1. The third-order valence-electron chi connectivity index (χ3n) is 4.01. The summed E-state index contributed by atoms with van der Waals surface area (Å²) in [7, 11) is 0. The van der Waals surface area contributed by atoms with Gasteiger partial charge >= 0.3 is 35.5 Å². The first kappa shape index (κ1) is 20.4. The van der Waals surface area contributed by atoms with E-state index in [-0.39, 0.29) is 55.4 Å². The van der Waals surface area contributed by atoms with Crippen LogP contribution < -0.4 is 40.0 Å². The van der Waals surface area contributed by atoms with Crippen molar-refractivity contribution in [2.75, 3.05) is 6.61 Å². The van der Waals surface area contributed by atoms with Crippen LogP contribution in [0.4, 0.5) is 0 Å². The Hall–Kier alpha value is -1.94. The summed E-state index contributed by atoms with van der Waals surface area (Å²) in [5.74, 6) is -3.73. The number of aliphatic carboxylic acids is 1. The van der Waals surface area contributed by atoms with Crippen LogP contribution in [-0.2, 0) is 35.2 Å². The van der Waals surface area contributed by atoms with Crippen molar-refractivity contribution in [2.45, 2.75) is 31.0 Å². The molecule has 2 heterocycles. The van der Waals surface area contributed by atoms with Gasteiger partial charge in [0.15, 0.2) is 0 Å². The summed E-state index contributed by atoms with van der Waals surface area (Å²) in [4.78, 5) is 52.3. The second-order valence-corrected chi connectivity index (χ2v) is 5.76. The largest absolute Gasteiger partial charge is 1.00 e. The molecule has 10 heteroatoms. The van der Waals surface area contributed by atoms with E-state index in [0.717, 1.165) is 5.56 Å². The SMILES string of the molecule is O=C(Cc1ccccc1)N[C@H]1CON(C2(C(=O)[O-])CCC(=O)O2)C1=O.[Na+]. The normalized spacial score (nSPS) is 24.8. The predicted molar refractivity (Wildman–Crippen MR) is 77.9 cm³/mol. The van der Waals surface area contributed by atoms with Crippen molar-refractivity contribution in [3.63, 3.8) is 0 Å². The summed E-state index contributed by atoms with van der Waals surface area (Å²) in [5, 5.41) is 14.4. The van der Waals surface area contributed by atoms with Crippen LogP contribution in [0, 0.1) is 0 Å². The molecule has 2 atom stereocenters. The molecule has 26 heavy (non-hydrogen) atoms. The van der Waals surface area contributed by atoms with Gasteiger partial charge in [-0.2, -0.15) is 5.06 Å². The topological polar surface area (TPSA) is 125 Å². The molecule has 1 N–H and O–H groups in total. The van der Waals surface area contributed by atoms with Crippen LogP contribution in [0.25, 0.3) is 0 Å². The van der Waals surface area contributed by atoms with Crippen LogP contribution in [-0.4, -0.2) is 47.2 Å². The van der Waals surface area contributed by atoms with Crippen LogP contribution in [0.2, 0.25) is 0 Å². The minimum atomic E-state index is -2.28. The Morgan fingerprint density at radius 1 is 1.27 bits per heavy atom. The monoisotopic (exact) mass is 370 g/mol. The van der Waals surface area contributed by atoms with Gasteiger partial charge in [-0.15, -0.1) is 0 Å². The maximum atomic E-state index is 12.4. The fourth-order valence-corrected chi connectivity index (χ4v) is 2.77. The van der Waals surface area contributed by atoms with Gasteiger partial charge in [-0.1, -0.05) is 30.3 Å². The van der Waals surface area contributed by atoms with Crippen LogP contribution in [0.5, 0.6) is 0 Å². The third kappa shape index (κ3) is 3.90. The number of carboxylic acid groups (broad SMARTS) is 1. The Labute approximate surface area is 170 Å². The molecule has 0 aromatic heterocycles. The van der Waals surface area contributed by atoms with E-state index in [9.17, 15) is 24.3 Å². The fourth-order valence-electron chi connectivity index (χ4n) is 2.77. The minimum absolute atomic E-state index is 0. The van der Waals surface area contributed by atoms with E-state index in [4.69, 9.17) is 9.57 Å². The molecular formula is C16H15N2NaO7.